The zero-order chi connectivity index (χ0) is 24.5. The Bertz CT molecular complexity index is 1570. The molecule has 5 aromatic rings. The molecule has 5 rings (SSSR count). The van der Waals surface area contributed by atoms with E-state index in [0.29, 0.717) is 38.4 Å². The van der Waals surface area contributed by atoms with E-state index in [0.717, 1.165) is 5.52 Å². The number of para-hydroxylation sites is 2. The lowest BCUT2D eigenvalue weighted by Crippen LogP contribution is -2.28. The molecule has 0 spiro atoms. The molecular formula is C25H20BrFN4O4. The Morgan fingerprint density at radius 3 is 2.71 bits per heavy atom. The van der Waals surface area contributed by atoms with E-state index in [1.807, 2.05) is 24.3 Å². The van der Waals surface area contributed by atoms with Gasteiger partial charge in [0.2, 0.25) is 0 Å². The third kappa shape index (κ3) is 4.15. The molecule has 0 saturated heterocycles. The number of aromatic nitrogens is 4. The molecule has 1 atom stereocenters. The molecule has 1 N–H and O–H groups in total. The lowest BCUT2D eigenvalue weighted by atomic mass is 10.0. The smallest absolute Gasteiger partial charge is 0.265 e. The standard InChI is InChI=1S/C25H20BrFN4O4/c1-33-13-35-20-10-7-14(27)11-15(20)22(24-29-17-5-3-4-6-18(17)30-24)31-12-28-19-9-8-16(26)23(34-2)21(19)25(31)32/h3-12,22H,13H2,1-2H3,(H,29,30). The van der Waals surface area contributed by atoms with Crippen molar-refractivity contribution < 1.29 is 18.6 Å². The molecule has 0 bridgehead atoms. The number of rotatable bonds is 7. The molecule has 178 valence electrons. The van der Waals surface area contributed by atoms with Crippen molar-refractivity contribution in [2.45, 2.75) is 6.04 Å². The minimum Gasteiger partial charge on any atom is -0.495 e. The fourth-order valence-electron chi connectivity index (χ4n) is 4.07. The predicted octanol–water partition coefficient (Wildman–Crippen LogP) is 4.80. The number of hydrogen-bond donors (Lipinski definition) is 1. The van der Waals surface area contributed by atoms with Crippen molar-refractivity contribution in [3.8, 4) is 11.5 Å². The maximum atomic E-state index is 14.5. The Labute approximate surface area is 207 Å². The molecule has 0 aliphatic carbocycles. The van der Waals surface area contributed by atoms with Crippen molar-refractivity contribution in [1.82, 2.24) is 19.5 Å². The van der Waals surface area contributed by atoms with Crippen molar-refractivity contribution in [2.75, 3.05) is 21.0 Å². The highest BCUT2D eigenvalue weighted by molar-refractivity contribution is 9.10. The minimum absolute atomic E-state index is 0.0584. The van der Waals surface area contributed by atoms with Crippen molar-refractivity contribution in [1.29, 1.82) is 0 Å². The minimum atomic E-state index is -0.891. The molecule has 0 aliphatic heterocycles. The number of nitrogens with zero attached hydrogens (tertiary/aromatic N) is 3. The van der Waals surface area contributed by atoms with Gasteiger partial charge in [0.05, 0.1) is 34.5 Å². The van der Waals surface area contributed by atoms with Crippen LogP contribution in [-0.4, -0.2) is 40.5 Å². The van der Waals surface area contributed by atoms with Gasteiger partial charge in [0.1, 0.15) is 34.6 Å². The Morgan fingerprint density at radius 2 is 1.94 bits per heavy atom. The number of H-pyrrole nitrogens is 1. The number of imidazole rings is 1. The maximum Gasteiger partial charge on any atom is 0.265 e. The van der Waals surface area contributed by atoms with Crippen molar-refractivity contribution in [3.05, 3.63) is 93.0 Å². The first-order chi connectivity index (χ1) is 17.0. The van der Waals surface area contributed by atoms with E-state index in [-0.39, 0.29) is 17.7 Å². The highest BCUT2D eigenvalue weighted by Gasteiger charge is 2.27. The molecule has 3 aromatic carbocycles. The third-order valence-electron chi connectivity index (χ3n) is 5.60. The van der Waals surface area contributed by atoms with Gasteiger partial charge in [-0.1, -0.05) is 12.1 Å². The fourth-order valence-corrected chi connectivity index (χ4v) is 4.56. The summed E-state index contributed by atoms with van der Waals surface area (Å²) >= 11 is 3.43. The fraction of sp³-hybridized carbons (Fsp3) is 0.160. The quantitative estimate of drug-likeness (QED) is 0.299. The van der Waals surface area contributed by atoms with Crippen molar-refractivity contribution in [2.24, 2.45) is 0 Å². The Balaban J connectivity index is 1.82. The number of methoxy groups -OCH3 is 2. The number of fused-ring (bicyclic) bond motifs is 2. The second kappa shape index (κ2) is 9.47. The number of nitrogens with one attached hydrogen (secondary N) is 1. The molecule has 0 aliphatic rings. The topological polar surface area (TPSA) is 91.3 Å². The number of aromatic amines is 1. The van der Waals surface area contributed by atoms with Crippen LogP contribution in [0.2, 0.25) is 0 Å². The summed E-state index contributed by atoms with van der Waals surface area (Å²) in [5.41, 5.74) is 1.92. The van der Waals surface area contributed by atoms with Crippen LogP contribution >= 0.6 is 15.9 Å². The van der Waals surface area contributed by atoms with Crippen LogP contribution in [-0.2, 0) is 4.74 Å². The Hall–Kier alpha value is -3.76. The highest BCUT2D eigenvalue weighted by atomic mass is 79.9. The van der Waals surface area contributed by atoms with Gasteiger partial charge in [-0.05, 0) is 58.4 Å². The summed E-state index contributed by atoms with van der Waals surface area (Å²) in [5, 5.41) is 0.279. The van der Waals surface area contributed by atoms with Crippen LogP contribution in [0.3, 0.4) is 0 Å². The summed E-state index contributed by atoms with van der Waals surface area (Å²) in [4.78, 5) is 26.4. The van der Waals surface area contributed by atoms with E-state index in [2.05, 4.69) is 25.9 Å². The van der Waals surface area contributed by atoms with Gasteiger partial charge in [-0.15, -0.1) is 0 Å². The molecule has 0 fully saturated rings. The summed E-state index contributed by atoms with van der Waals surface area (Å²) < 4.78 is 32.8. The van der Waals surface area contributed by atoms with Gasteiger partial charge in [0, 0.05) is 12.7 Å². The summed E-state index contributed by atoms with van der Waals surface area (Å²) in [6.07, 6.45) is 1.42. The van der Waals surface area contributed by atoms with Gasteiger partial charge in [-0.3, -0.25) is 9.36 Å². The van der Waals surface area contributed by atoms with Crippen LogP contribution in [0.4, 0.5) is 4.39 Å². The number of ether oxygens (including phenoxy) is 3. The first-order valence-electron chi connectivity index (χ1n) is 10.6. The molecule has 2 aromatic heterocycles. The van der Waals surface area contributed by atoms with E-state index in [1.165, 1.54) is 43.3 Å². The zero-order valence-electron chi connectivity index (χ0n) is 18.8. The molecule has 35 heavy (non-hydrogen) atoms. The molecule has 1 unspecified atom stereocenters. The number of benzene rings is 3. The second-order valence-electron chi connectivity index (χ2n) is 7.71. The molecule has 2 heterocycles. The van der Waals surface area contributed by atoms with E-state index in [1.54, 1.807) is 12.1 Å². The highest BCUT2D eigenvalue weighted by Crippen LogP contribution is 2.35. The second-order valence-corrected chi connectivity index (χ2v) is 8.56. The summed E-state index contributed by atoms with van der Waals surface area (Å²) in [5.74, 6) is 0.615. The molecule has 0 amide bonds. The average molecular weight is 539 g/mol. The number of hydrogen-bond acceptors (Lipinski definition) is 6. The van der Waals surface area contributed by atoms with Crippen LogP contribution in [0.1, 0.15) is 17.4 Å². The lowest BCUT2D eigenvalue weighted by molar-refractivity contribution is 0.0501. The summed E-state index contributed by atoms with van der Waals surface area (Å²) in [7, 11) is 2.97. The van der Waals surface area contributed by atoms with Crippen LogP contribution in [0.25, 0.3) is 21.9 Å². The summed E-state index contributed by atoms with van der Waals surface area (Å²) in [6, 6.07) is 14.2. The molecule has 10 heteroatoms. The lowest BCUT2D eigenvalue weighted by Gasteiger charge is -2.22. The zero-order valence-corrected chi connectivity index (χ0v) is 20.4. The van der Waals surface area contributed by atoms with E-state index in [4.69, 9.17) is 19.2 Å². The molecule has 8 nitrogen and oxygen atoms in total. The van der Waals surface area contributed by atoms with Gasteiger partial charge in [-0.25, -0.2) is 14.4 Å². The predicted molar refractivity (Wildman–Crippen MR) is 132 cm³/mol. The van der Waals surface area contributed by atoms with Crippen LogP contribution in [0.5, 0.6) is 11.5 Å². The first-order valence-corrected chi connectivity index (χ1v) is 11.4. The molecular weight excluding hydrogens is 519 g/mol. The van der Waals surface area contributed by atoms with E-state index >= 15 is 0 Å². The monoisotopic (exact) mass is 538 g/mol. The Morgan fingerprint density at radius 1 is 1.11 bits per heavy atom. The van der Waals surface area contributed by atoms with Gasteiger partial charge in [-0.2, -0.15) is 0 Å². The van der Waals surface area contributed by atoms with Crippen LogP contribution in [0, 0.1) is 5.82 Å². The van der Waals surface area contributed by atoms with Crippen molar-refractivity contribution >= 4 is 37.9 Å². The van der Waals surface area contributed by atoms with E-state index < -0.39 is 11.9 Å². The van der Waals surface area contributed by atoms with Gasteiger partial charge in [0.15, 0.2) is 6.79 Å². The third-order valence-corrected chi connectivity index (χ3v) is 6.23. The normalized spacial score (nSPS) is 12.2. The van der Waals surface area contributed by atoms with E-state index in [9.17, 15) is 9.18 Å². The largest absolute Gasteiger partial charge is 0.495 e. The average Bonchev–Trinajstić information content (AvgIpc) is 3.29. The van der Waals surface area contributed by atoms with Gasteiger partial charge < -0.3 is 19.2 Å². The number of halogens is 2. The van der Waals surface area contributed by atoms with Gasteiger partial charge in [0.25, 0.3) is 5.56 Å². The van der Waals surface area contributed by atoms with Crippen LogP contribution in [0.15, 0.2) is 70.2 Å². The van der Waals surface area contributed by atoms with Crippen molar-refractivity contribution in [3.63, 3.8) is 0 Å². The van der Waals surface area contributed by atoms with Gasteiger partial charge >= 0.3 is 0 Å². The maximum absolute atomic E-state index is 14.5. The molecule has 0 saturated carbocycles. The first kappa shape index (κ1) is 23.0. The summed E-state index contributed by atoms with van der Waals surface area (Å²) in [6.45, 7) is -0.0584. The Kier molecular flexibility index (Phi) is 6.23. The van der Waals surface area contributed by atoms with Crippen LogP contribution < -0.4 is 15.0 Å². The SMILES string of the molecule is COCOc1ccc(F)cc1C(c1nc2ccccc2[nH]1)n1cnc2ccc(Br)c(OC)c2c1=O. The molecule has 0 radical (unpaired) electrons.